The Labute approximate surface area is 174 Å². The van der Waals surface area contributed by atoms with Crippen molar-refractivity contribution in [2.75, 3.05) is 30.9 Å². The van der Waals surface area contributed by atoms with Crippen LogP contribution < -0.4 is 10.1 Å². The largest absolute Gasteiger partial charge is 0.494 e. The summed E-state index contributed by atoms with van der Waals surface area (Å²) in [5.41, 5.74) is 1.08. The quantitative estimate of drug-likeness (QED) is 0.490. The van der Waals surface area contributed by atoms with Crippen molar-refractivity contribution in [3.05, 3.63) is 54.1 Å². The number of nitrogens with one attached hydrogen (secondary N) is 1. The van der Waals surface area contributed by atoms with Crippen LogP contribution in [0.4, 0.5) is 5.69 Å². The van der Waals surface area contributed by atoms with E-state index in [1.165, 1.54) is 0 Å². The molecule has 0 saturated carbocycles. The molecule has 1 saturated heterocycles. The minimum Gasteiger partial charge on any atom is -0.494 e. The second-order valence-corrected chi connectivity index (χ2v) is 7.59. The first-order valence-corrected chi connectivity index (χ1v) is 10.7. The molecule has 1 amide bonds. The van der Waals surface area contributed by atoms with Crippen molar-refractivity contribution in [1.29, 1.82) is 0 Å². The molecule has 1 atom stereocenters. The predicted molar refractivity (Wildman–Crippen MR) is 113 cm³/mol. The number of hydrogen-bond donors (Lipinski definition) is 1. The number of carbonyl (C=O) groups is 2. The van der Waals surface area contributed by atoms with Gasteiger partial charge in [0.1, 0.15) is 5.75 Å². The van der Waals surface area contributed by atoms with Crippen LogP contribution in [0.15, 0.2) is 53.4 Å². The molecule has 6 nitrogen and oxygen atoms in total. The van der Waals surface area contributed by atoms with Crippen LogP contribution in [0.5, 0.6) is 5.75 Å². The Kier molecular flexibility index (Phi) is 7.95. The molecule has 0 bridgehead atoms. The topological polar surface area (TPSA) is 73.9 Å². The third-order valence-corrected chi connectivity index (χ3v) is 5.54. The fourth-order valence-electron chi connectivity index (χ4n) is 2.93. The summed E-state index contributed by atoms with van der Waals surface area (Å²) >= 11 is 1.58. The summed E-state index contributed by atoms with van der Waals surface area (Å²) < 4.78 is 16.2. The summed E-state index contributed by atoms with van der Waals surface area (Å²) in [6.07, 6.45) is 2.35. The SMILES string of the molecule is CCOc1ccc(NC(=O)COC(=O)c2ccccc2SC[C@@H]2CCCO2)cc1. The molecule has 7 heteroatoms. The monoisotopic (exact) mass is 415 g/mol. The van der Waals surface area contributed by atoms with Gasteiger partial charge in [-0.25, -0.2) is 4.79 Å². The average molecular weight is 416 g/mol. The molecule has 1 heterocycles. The zero-order chi connectivity index (χ0) is 20.5. The van der Waals surface area contributed by atoms with Gasteiger partial charge in [-0.3, -0.25) is 4.79 Å². The lowest BCUT2D eigenvalue weighted by atomic mass is 10.2. The van der Waals surface area contributed by atoms with Gasteiger partial charge in [0.2, 0.25) is 0 Å². The molecule has 2 aromatic carbocycles. The normalized spacial score (nSPS) is 15.7. The highest BCUT2D eigenvalue weighted by Crippen LogP contribution is 2.27. The Hall–Kier alpha value is -2.51. The van der Waals surface area contributed by atoms with Gasteiger partial charge in [0.05, 0.1) is 18.3 Å². The van der Waals surface area contributed by atoms with Gasteiger partial charge in [-0.15, -0.1) is 11.8 Å². The van der Waals surface area contributed by atoms with Crippen LogP contribution in [0.25, 0.3) is 0 Å². The lowest BCUT2D eigenvalue weighted by Gasteiger charge is -2.12. The van der Waals surface area contributed by atoms with Crippen molar-refractivity contribution in [1.82, 2.24) is 0 Å². The van der Waals surface area contributed by atoms with Gasteiger partial charge in [0.25, 0.3) is 5.91 Å². The highest BCUT2D eigenvalue weighted by atomic mass is 32.2. The maximum Gasteiger partial charge on any atom is 0.339 e. The first-order valence-electron chi connectivity index (χ1n) is 9.69. The van der Waals surface area contributed by atoms with Crippen molar-refractivity contribution >= 4 is 29.3 Å². The van der Waals surface area contributed by atoms with Crippen molar-refractivity contribution in [2.24, 2.45) is 0 Å². The van der Waals surface area contributed by atoms with Crippen LogP contribution in [-0.4, -0.2) is 43.6 Å². The van der Waals surface area contributed by atoms with Gasteiger partial charge >= 0.3 is 5.97 Å². The number of hydrogen-bond acceptors (Lipinski definition) is 6. The molecule has 0 spiro atoms. The summed E-state index contributed by atoms with van der Waals surface area (Å²) in [6, 6.07) is 14.3. The minimum absolute atomic E-state index is 0.226. The number of esters is 1. The van der Waals surface area contributed by atoms with E-state index in [1.807, 2.05) is 19.1 Å². The van der Waals surface area contributed by atoms with E-state index in [-0.39, 0.29) is 12.7 Å². The molecule has 0 unspecified atom stereocenters. The molecule has 0 aliphatic carbocycles. The van der Waals surface area contributed by atoms with Gasteiger partial charge < -0.3 is 19.5 Å². The number of rotatable bonds is 9. The molecule has 3 rings (SSSR count). The van der Waals surface area contributed by atoms with E-state index in [0.29, 0.717) is 17.9 Å². The van der Waals surface area contributed by atoms with Gasteiger partial charge in [-0.2, -0.15) is 0 Å². The van der Waals surface area contributed by atoms with Crippen molar-refractivity contribution in [2.45, 2.75) is 30.8 Å². The van der Waals surface area contributed by atoms with E-state index >= 15 is 0 Å². The zero-order valence-corrected chi connectivity index (χ0v) is 17.2. The highest BCUT2D eigenvalue weighted by Gasteiger charge is 2.19. The fraction of sp³-hybridized carbons (Fsp3) is 0.364. The first kappa shape index (κ1) is 21.2. The molecule has 1 aliphatic rings. The first-order chi connectivity index (χ1) is 14.2. The maximum absolute atomic E-state index is 12.5. The Balaban J connectivity index is 1.50. The van der Waals surface area contributed by atoms with E-state index < -0.39 is 11.9 Å². The molecule has 1 aliphatic heterocycles. The standard InChI is InChI=1S/C22H25NO5S/c1-2-26-17-11-9-16(10-12-17)23-21(24)14-28-22(25)19-7-3-4-8-20(19)29-15-18-6-5-13-27-18/h3-4,7-12,18H,2,5-6,13-15H2,1H3,(H,23,24)/t18-/m0/s1. The number of carbonyl (C=O) groups excluding carboxylic acids is 2. The maximum atomic E-state index is 12.5. The van der Waals surface area contributed by atoms with Gasteiger partial charge in [-0.1, -0.05) is 12.1 Å². The second kappa shape index (κ2) is 10.9. The Morgan fingerprint density at radius 3 is 2.69 bits per heavy atom. The predicted octanol–water partition coefficient (Wildman–Crippen LogP) is 4.15. The van der Waals surface area contributed by atoms with E-state index in [2.05, 4.69) is 5.32 Å². The Bertz CT molecular complexity index is 818. The van der Waals surface area contributed by atoms with Crippen LogP contribution in [-0.2, 0) is 14.3 Å². The molecular formula is C22H25NO5S. The van der Waals surface area contributed by atoms with Gasteiger partial charge in [-0.05, 0) is 56.2 Å². The van der Waals surface area contributed by atoms with Crippen LogP contribution >= 0.6 is 11.8 Å². The molecular weight excluding hydrogens is 390 g/mol. The number of amides is 1. The van der Waals surface area contributed by atoms with Gasteiger partial charge in [0.15, 0.2) is 6.61 Å². The number of benzene rings is 2. The van der Waals surface area contributed by atoms with E-state index in [9.17, 15) is 9.59 Å². The van der Waals surface area contributed by atoms with Crippen LogP contribution in [0.2, 0.25) is 0 Å². The lowest BCUT2D eigenvalue weighted by molar-refractivity contribution is -0.119. The van der Waals surface area contributed by atoms with E-state index in [0.717, 1.165) is 35.8 Å². The molecule has 1 fully saturated rings. The average Bonchev–Trinajstić information content (AvgIpc) is 3.26. The summed E-state index contributed by atoms with van der Waals surface area (Å²) in [5.74, 6) is 0.617. The minimum atomic E-state index is -0.512. The van der Waals surface area contributed by atoms with Crippen LogP contribution in [0, 0.1) is 0 Å². The number of anilines is 1. The third-order valence-electron chi connectivity index (χ3n) is 4.34. The Morgan fingerprint density at radius 2 is 1.97 bits per heavy atom. The third kappa shape index (κ3) is 6.51. The van der Waals surface area contributed by atoms with Crippen molar-refractivity contribution < 1.29 is 23.8 Å². The van der Waals surface area contributed by atoms with Crippen molar-refractivity contribution in [3.63, 3.8) is 0 Å². The molecule has 29 heavy (non-hydrogen) atoms. The fourth-order valence-corrected chi connectivity index (χ4v) is 4.04. The van der Waals surface area contributed by atoms with Gasteiger partial charge in [0, 0.05) is 22.9 Å². The van der Waals surface area contributed by atoms with E-state index in [4.69, 9.17) is 14.2 Å². The second-order valence-electron chi connectivity index (χ2n) is 6.52. The summed E-state index contributed by atoms with van der Waals surface area (Å²) in [7, 11) is 0. The molecule has 0 radical (unpaired) electrons. The summed E-state index contributed by atoms with van der Waals surface area (Å²) in [4.78, 5) is 25.4. The van der Waals surface area contributed by atoms with Crippen LogP contribution in [0.1, 0.15) is 30.1 Å². The smallest absolute Gasteiger partial charge is 0.339 e. The lowest BCUT2D eigenvalue weighted by Crippen LogP contribution is -2.21. The zero-order valence-electron chi connectivity index (χ0n) is 16.4. The molecule has 154 valence electrons. The number of ether oxygens (including phenoxy) is 3. The number of thioether (sulfide) groups is 1. The molecule has 2 aromatic rings. The molecule has 0 aromatic heterocycles. The molecule has 1 N–H and O–H groups in total. The van der Waals surface area contributed by atoms with Crippen LogP contribution in [0.3, 0.4) is 0 Å². The van der Waals surface area contributed by atoms with Crippen molar-refractivity contribution in [3.8, 4) is 5.75 Å². The van der Waals surface area contributed by atoms with E-state index in [1.54, 1.807) is 48.2 Å². The summed E-state index contributed by atoms with van der Waals surface area (Å²) in [6.45, 7) is 2.94. The Morgan fingerprint density at radius 1 is 1.17 bits per heavy atom. The highest BCUT2D eigenvalue weighted by molar-refractivity contribution is 7.99. The summed E-state index contributed by atoms with van der Waals surface area (Å²) in [5, 5.41) is 2.70.